The average Bonchev–Trinajstić information content (AvgIpc) is 2.47. The Kier molecular flexibility index (Phi) is 12.3. The van der Waals surface area contributed by atoms with Gasteiger partial charge in [-0.2, -0.15) is 0 Å². The van der Waals surface area contributed by atoms with Gasteiger partial charge in [-0.05, 0) is 32.4 Å². The Labute approximate surface area is 130 Å². The zero-order valence-corrected chi connectivity index (χ0v) is 14.1. The van der Waals surface area contributed by atoms with Crippen LogP contribution in [0.5, 0.6) is 0 Å². The lowest BCUT2D eigenvalue weighted by Gasteiger charge is -2.33. The largest absolute Gasteiger partial charge is 0.391 e. The highest BCUT2D eigenvalue weighted by molar-refractivity contribution is 5.82. The molecule has 0 aromatic rings. The van der Waals surface area contributed by atoms with Crippen molar-refractivity contribution in [3.8, 4) is 0 Å². The van der Waals surface area contributed by atoms with E-state index in [1.807, 2.05) is 6.92 Å². The van der Waals surface area contributed by atoms with Gasteiger partial charge >= 0.3 is 0 Å². The second-order valence-corrected chi connectivity index (χ2v) is 5.58. The van der Waals surface area contributed by atoms with E-state index in [1.165, 1.54) is 0 Å². The summed E-state index contributed by atoms with van der Waals surface area (Å²) in [5.74, 6) is -0.0805. The first kappa shape index (κ1) is 20.1. The maximum Gasteiger partial charge on any atom is 0.240 e. The van der Waals surface area contributed by atoms with Crippen molar-refractivity contribution in [1.29, 1.82) is 0 Å². The molecule has 0 bridgehead atoms. The minimum Gasteiger partial charge on any atom is -0.391 e. The molecule has 0 saturated carbocycles. The Balaban J connectivity index is 4.95. The van der Waals surface area contributed by atoms with E-state index in [2.05, 4.69) is 30.6 Å². The maximum absolute atomic E-state index is 12.4. The first-order valence-electron chi connectivity index (χ1n) is 8.42. The van der Waals surface area contributed by atoms with E-state index in [-0.39, 0.29) is 5.91 Å². The van der Waals surface area contributed by atoms with Gasteiger partial charge in [0.2, 0.25) is 5.91 Å². The second-order valence-electron chi connectivity index (χ2n) is 5.58. The minimum atomic E-state index is -0.603. The molecule has 0 aliphatic heterocycles. The summed E-state index contributed by atoms with van der Waals surface area (Å²) in [5, 5.41) is 13.3. The molecule has 0 saturated heterocycles. The number of hydrogen-bond acceptors (Lipinski definition) is 3. The molecular formula is C17H34N2O2. The molecule has 21 heavy (non-hydrogen) atoms. The van der Waals surface area contributed by atoms with Crippen LogP contribution >= 0.6 is 0 Å². The van der Waals surface area contributed by atoms with Crippen molar-refractivity contribution in [3.63, 3.8) is 0 Å². The van der Waals surface area contributed by atoms with Gasteiger partial charge in [0.1, 0.15) is 6.04 Å². The molecule has 0 fully saturated rings. The van der Waals surface area contributed by atoms with Gasteiger partial charge in [0, 0.05) is 6.54 Å². The monoisotopic (exact) mass is 298 g/mol. The van der Waals surface area contributed by atoms with Gasteiger partial charge in [-0.3, -0.25) is 9.69 Å². The van der Waals surface area contributed by atoms with E-state index in [0.717, 1.165) is 45.2 Å². The van der Waals surface area contributed by atoms with E-state index < -0.39 is 12.1 Å². The first-order valence-corrected chi connectivity index (χ1v) is 8.42. The smallest absolute Gasteiger partial charge is 0.240 e. The number of aliphatic hydroxyl groups excluding tert-OH is 1. The van der Waals surface area contributed by atoms with Gasteiger partial charge in [0.25, 0.3) is 0 Å². The lowest BCUT2D eigenvalue weighted by molar-refractivity contribution is -0.130. The molecule has 0 aliphatic rings. The van der Waals surface area contributed by atoms with Crippen LogP contribution in [0.2, 0.25) is 0 Å². The zero-order chi connectivity index (χ0) is 16.1. The molecule has 0 aromatic heterocycles. The summed E-state index contributed by atoms with van der Waals surface area (Å²) in [6.07, 6.45) is 6.88. The number of aliphatic hydroxyl groups is 1. The van der Waals surface area contributed by atoms with Crippen LogP contribution in [0.3, 0.4) is 0 Å². The summed E-state index contributed by atoms with van der Waals surface area (Å²) >= 11 is 0. The SMILES string of the molecule is C=CCNC(=O)[C@H]([C@@H](O)CCC)N(CCCC)CCCC. The Morgan fingerprint density at radius 3 is 2.19 bits per heavy atom. The van der Waals surface area contributed by atoms with E-state index in [9.17, 15) is 9.90 Å². The lowest BCUT2D eigenvalue weighted by Crippen LogP contribution is -2.54. The van der Waals surface area contributed by atoms with Crippen LogP contribution in [0, 0.1) is 0 Å². The Morgan fingerprint density at radius 2 is 1.76 bits per heavy atom. The molecular weight excluding hydrogens is 264 g/mol. The van der Waals surface area contributed by atoms with Gasteiger partial charge in [0.05, 0.1) is 6.10 Å². The summed E-state index contributed by atoms with van der Waals surface area (Å²) < 4.78 is 0. The number of hydrogen-bond donors (Lipinski definition) is 2. The molecule has 4 nitrogen and oxygen atoms in total. The van der Waals surface area contributed by atoms with Gasteiger partial charge < -0.3 is 10.4 Å². The van der Waals surface area contributed by atoms with Crippen molar-refractivity contribution in [2.75, 3.05) is 19.6 Å². The van der Waals surface area contributed by atoms with Gasteiger partial charge in [-0.15, -0.1) is 6.58 Å². The van der Waals surface area contributed by atoms with Crippen molar-refractivity contribution in [2.45, 2.75) is 71.4 Å². The number of rotatable bonds is 13. The van der Waals surface area contributed by atoms with Crippen LogP contribution in [0.25, 0.3) is 0 Å². The van der Waals surface area contributed by atoms with Crippen molar-refractivity contribution >= 4 is 5.91 Å². The quantitative estimate of drug-likeness (QED) is 0.514. The minimum absolute atomic E-state index is 0.0805. The Bertz CT molecular complexity index is 274. The first-order chi connectivity index (χ1) is 10.1. The topological polar surface area (TPSA) is 52.6 Å². The van der Waals surface area contributed by atoms with Crippen LogP contribution in [0.1, 0.15) is 59.3 Å². The number of amides is 1. The number of carbonyl (C=O) groups excluding carboxylic acids is 1. The highest BCUT2D eigenvalue weighted by Crippen LogP contribution is 2.13. The van der Waals surface area contributed by atoms with Crippen molar-refractivity contribution in [2.24, 2.45) is 0 Å². The third-order valence-electron chi connectivity index (χ3n) is 3.63. The van der Waals surface area contributed by atoms with Crippen molar-refractivity contribution in [3.05, 3.63) is 12.7 Å². The normalized spacial score (nSPS) is 14.0. The van der Waals surface area contributed by atoms with Crippen LogP contribution in [-0.4, -0.2) is 47.7 Å². The summed E-state index contributed by atoms with van der Waals surface area (Å²) in [7, 11) is 0. The summed E-state index contributed by atoms with van der Waals surface area (Å²) in [5.41, 5.74) is 0. The molecule has 0 aromatic carbocycles. The lowest BCUT2D eigenvalue weighted by atomic mass is 10.0. The standard InChI is InChI=1S/C17H34N2O2/c1-5-9-13-19(14-10-6-2)16(15(20)11-7-3)17(21)18-12-8-4/h8,15-16,20H,4-7,9-14H2,1-3H3,(H,18,21)/t15-,16-/m0/s1. The molecule has 0 aliphatic carbocycles. The number of unbranched alkanes of at least 4 members (excludes halogenated alkanes) is 2. The fourth-order valence-corrected chi connectivity index (χ4v) is 2.43. The number of nitrogens with zero attached hydrogens (tertiary/aromatic N) is 1. The molecule has 0 spiro atoms. The zero-order valence-electron chi connectivity index (χ0n) is 14.1. The Morgan fingerprint density at radius 1 is 1.19 bits per heavy atom. The molecule has 1 amide bonds. The van der Waals surface area contributed by atoms with Crippen LogP contribution in [-0.2, 0) is 4.79 Å². The summed E-state index contributed by atoms with van der Waals surface area (Å²) in [6.45, 7) is 12.1. The van der Waals surface area contributed by atoms with Crippen molar-refractivity contribution in [1.82, 2.24) is 10.2 Å². The van der Waals surface area contributed by atoms with E-state index in [1.54, 1.807) is 6.08 Å². The highest BCUT2D eigenvalue weighted by Gasteiger charge is 2.31. The fraction of sp³-hybridized carbons (Fsp3) is 0.824. The van der Waals surface area contributed by atoms with E-state index >= 15 is 0 Å². The van der Waals surface area contributed by atoms with E-state index in [0.29, 0.717) is 13.0 Å². The second kappa shape index (κ2) is 12.8. The van der Waals surface area contributed by atoms with Crippen LogP contribution < -0.4 is 5.32 Å². The summed E-state index contributed by atoms with van der Waals surface area (Å²) in [6, 6.07) is -0.442. The number of carbonyl (C=O) groups is 1. The fourth-order valence-electron chi connectivity index (χ4n) is 2.43. The average molecular weight is 298 g/mol. The molecule has 2 atom stereocenters. The molecule has 0 rings (SSSR count). The molecule has 0 heterocycles. The third kappa shape index (κ3) is 8.22. The van der Waals surface area contributed by atoms with Gasteiger partial charge in [-0.25, -0.2) is 0 Å². The van der Waals surface area contributed by atoms with E-state index in [4.69, 9.17) is 0 Å². The third-order valence-corrected chi connectivity index (χ3v) is 3.63. The van der Waals surface area contributed by atoms with Crippen LogP contribution in [0.15, 0.2) is 12.7 Å². The maximum atomic E-state index is 12.4. The van der Waals surface area contributed by atoms with Gasteiger partial charge in [0.15, 0.2) is 0 Å². The molecule has 0 radical (unpaired) electrons. The van der Waals surface area contributed by atoms with Crippen molar-refractivity contribution < 1.29 is 9.90 Å². The predicted octanol–water partition coefficient (Wildman–Crippen LogP) is 2.72. The molecule has 124 valence electrons. The van der Waals surface area contributed by atoms with Crippen LogP contribution in [0.4, 0.5) is 0 Å². The predicted molar refractivity (Wildman–Crippen MR) is 89.3 cm³/mol. The summed E-state index contributed by atoms with van der Waals surface area (Å²) in [4.78, 5) is 14.6. The molecule has 2 N–H and O–H groups in total. The number of nitrogens with one attached hydrogen (secondary N) is 1. The molecule has 0 unspecified atom stereocenters. The Hall–Kier alpha value is -0.870. The highest BCUT2D eigenvalue weighted by atomic mass is 16.3. The molecule has 4 heteroatoms. The van der Waals surface area contributed by atoms with Gasteiger partial charge in [-0.1, -0.05) is 46.1 Å².